The number of benzene rings is 1. The quantitative estimate of drug-likeness (QED) is 0.453. The van der Waals surface area contributed by atoms with Gasteiger partial charge in [0.2, 0.25) is 0 Å². The molecule has 2 heterocycles. The minimum Gasteiger partial charge on any atom is -0.507 e. The molecule has 0 unspecified atom stereocenters. The summed E-state index contributed by atoms with van der Waals surface area (Å²) in [5.41, 5.74) is 0.177. The van der Waals surface area contributed by atoms with Gasteiger partial charge in [-0.25, -0.2) is 0 Å². The van der Waals surface area contributed by atoms with Crippen molar-refractivity contribution in [2.75, 3.05) is 34.3 Å². The molecule has 7 nitrogen and oxygen atoms in total. The van der Waals surface area contributed by atoms with E-state index in [2.05, 4.69) is 0 Å². The Labute approximate surface area is 167 Å². The van der Waals surface area contributed by atoms with E-state index >= 15 is 0 Å². The van der Waals surface area contributed by atoms with Crippen molar-refractivity contribution in [3.63, 3.8) is 0 Å². The number of ketones is 1. The Morgan fingerprint density at radius 1 is 1.32 bits per heavy atom. The average Bonchev–Trinajstić information content (AvgIpc) is 3.27. The summed E-state index contributed by atoms with van der Waals surface area (Å²) in [5.74, 6) is -1.10. The van der Waals surface area contributed by atoms with Crippen LogP contribution in [0.15, 0.2) is 46.6 Å². The lowest BCUT2D eigenvalue weighted by Gasteiger charge is -2.24. The van der Waals surface area contributed by atoms with Crippen LogP contribution in [-0.2, 0) is 9.59 Å². The number of likely N-dealkylation sites (N-methyl/N-ethyl adjacent to an activating group) is 1. The van der Waals surface area contributed by atoms with Crippen molar-refractivity contribution in [3.05, 3.63) is 58.5 Å². The van der Waals surface area contributed by atoms with E-state index < -0.39 is 17.7 Å². The lowest BCUT2D eigenvalue weighted by molar-refractivity contribution is -0.140. The molecule has 1 aromatic heterocycles. The Bertz CT molecular complexity index is 921. The number of methoxy groups -OCH3 is 1. The zero-order chi connectivity index (χ0) is 20.4. The molecule has 3 rings (SSSR count). The molecule has 0 bridgehead atoms. The number of hydrogen-bond acceptors (Lipinski definition) is 6. The summed E-state index contributed by atoms with van der Waals surface area (Å²) in [7, 11) is 5.18. The Hall–Kier alpha value is -2.77. The van der Waals surface area contributed by atoms with Gasteiger partial charge in [-0.3, -0.25) is 9.59 Å². The predicted octanol–water partition coefficient (Wildman–Crippen LogP) is 2.92. The lowest BCUT2D eigenvalue weighted by atomic mass is 9.99. The van der Waals surface area contributed by atoms with Gasteiger partial charge in [0.15, 0.2) is 0 Å². The molecule has 1 atom stereocenters. The van der Waals surface area contributed by atoms with E-state index in [9.17, 15) is 14.7 Å². The first kappa shape index (κ1) is 20.0. The topological polar surface area (TPSA) is 83.2 Å². The fourth-order valence-electron chi connectivity index (χ4n) is 3.17. The van der Waals surface area contributed by atoms with Crippen molar-refractivity contribution in [2.45, 2.75) is 6.04 Å². The number of furan rings is 1. The Balaban J connectivity index is 2.17. The molecule has 0 aliphatic carbocycles. The van der Waals surface area contributed by atoms with Crippen molar-refractivity contribution in [3.8, 4) is 5.75 Å². The first-order chi connectivity index (χ1) is 13.3. The fourth-order valence-corrected chi connectivity index (χ4v) is 3.34. The van der Waals surface area contributed by atoms with E-state index in [4.69, 9.17) is 20.8 Å². The van der Waals surface area contributed by atoms with Gasteiger partial charge in [-0.05, 0) is 44.4 Å². The molecule has 1 aliphatic heterocycles. The highest BCUT2D eigenvalue weighted by atomic mass is 35.5. The van der Waals surface area contributed by atoms with Gasteiger partial charge in [0.05, 0.1) is 24.5 Å². The highest BCUT2D eigenvalue weighted by molar-refractivity contribution is 6.46. The van der Waals surface area contributed by atoms with Crippen molar-refractivity contribution < 1.29 is 23.8 Å². The molecule has 1 saturated heterocycles. The van der Waals surface area contributed by atoms with E-state index in [0.717, 1.165) is 0 Å². The van der Waals surface area contributed by atoms with Gasteiger partial charge < -0.3 is 24.1 Å². The number of halogens is 1. The van der Waals surface area contributed by atoms with E-state index in [-0.39, 0.29) is 16.9 Å². The molecule has 1 aromatic carbocycles. The summed E-state index contributed by atoms with van der Waals surface area (Å²) in [5, 5.41) is 11.4. The Morgan fingerprint density at radius 2 is 2.07 bits per heavy atom. The lowest BCUT2D eigenvalue weighted by Crippen LogP contribution is -2.35. The van der Waals surface area contributed by atoms with Crippen LogP contribution in [0.25, 0.3) is 5.76 Å². The summed E-state index contributed by atoms with van der Waals surface area (Å²) in [6, 6.07) is 7.18. The summed E-state index contributed by atoms with van der Waals surface area (Å²) >= 11 is 6.06. The molecule has 0 radical (unpaired) electrons. The maximum absolute atomic E-state index is 12.8. The fraction of sp³-hybridized carbons (Fsp3) is 0.300. The first-order valence-corrected chi connectivity index (χ1v) is 9.03. The molecule has 1 fully saturated rings. The summed E-state index contributed by atoms with van der Waals surface area (Å²) < 4.78 is 10.8. The number of nitrogens with zero attached hydrogens (tertiary/aromatic N) is 2. The molecule has 148 valence electrons. The molecule has 1 aliphatic rings. The molecule has 8 heteroatoms. The summed E-state index contributed by atoms with van der Waals surface area (Å²) in [6.45, 7) is 0.844. The second-order valence-electron chi connectivity index (χ2n) is 6.66. The second-order valence-corrected chi connectivity index (χ2v) is 7.09. The molecule has 28 heavy (non-hydrogen) atoms. The monoisotopic (exact) mass is 404 g/mol. The number of aliphatic hydroxyl groups is 1. The number of carbonyl (C=O) groups excluding carboxylic acids is 2. The number of aliphatic hydroxyl groups excluding tert-OH is 1. The second kappa shape index (κ2) is 8.08. The first-order valence-electron chi connectivity index (χ1n) is 8.65. The van der Waals surface area contributed by atoms with Gasteiger partial charge in [-0.1, -0.05) is 11.6 Å². The van der Waals surface area contributed by atoms with Crippen LogP contribution in [0.5, 0.6) is 5.75 Å². The smallest absolute Gasteiger partial charge is 0.295 e. The molecular formula is C20H21ClN2O5. The van der Waals surface area contributed by atoms with Crippen LogP contribution in [-0.4, -0.2) is 60.9 Å². The predicted molar refractivity (Wildman–Crippen MR) is 104 cm³/mol. The van der Waals surface area contributed by atoms with Gasteiger partial charge in [-0.2, -0.15) is 0 Å². The average molecular weight is 405 g/mol. The normalized spacial score (nSPS) is 18.9. The van der Waals surface area contributed by atoms with Gasteiger partial charge in [0.1, 0.15) is 23.3 Å². The maximum atomic E-state index is 12.8. The van der Waals surface area contributed by atoms with Crippen LogP contribution in [0, 0.1) is 0 Å². The van der Waals surface area contributed by atoms with Gasteiger partial charge in [0, 0.05) is 18.1 Å². The minimum absolute atomic E-state index is 0.0562. The molecule has 2 aromatic rings. The van der Waals surface area contributed by atoms with E-state index in [0.29, 0.717) is 29.6 Å². The van der Waals surface area contributed by atoms with Crippen LogP contribution in [0.2, 0.25) is 5.02 Å². The molecule has 1 amide bonds. The van der Waals surface area contributed by atoms with Crippen LogP contribution < -0.4 is 4.74 Å². The largest absolute Gasteiger partial charge is 0.507 e. The number of ether oxygens (including phenoxy) is 1. The third-order valence-electron chi connectivity index (χ3n) is 4.56. The van der Waals surface area contributed by atoms with Crippen LogP contribution in [0.4, 0.5) is 0 Å². The minimum atomic E-state index is -0.835. The third-order valence-corrected chi connectivity index (χ3v) is 4.79. The number of Topliss-reactive ketones (excluding diaryl/α,β-unsaturated/α-hetero) is 1. The Morgan fingerprint density at radius 3 is 2.68 bits per heavy atom. The Kier molecular flexibility index (Phi) is 5.76. The molecule has 1 N–H and O–H groups in total. The SMILES string of the molecule is COc1ccc(Cl)cc1/C(O)=C1\C(=O)C(=O)N(CCN(C)C)[C@H]1c1ccco1. The zero-order valence-electron chi connectivity index (χ0n) is 15.8. The van der Waals surface area contributed by atoms with Crippen LogP contribution in [0.1, 0.15) is 17.4 Å². The van der Waals surface area contributed by atoms with Crippen molar-refractivity contribution in [2.24, 2.45) is 0 Å². The van der Waals surface area contributed by atoms with Crippen LogP contribution in [0.3, 0.4) is 0 Å². The van der Waals surface area contributed by atoms with Crippen LogP contribution >= 0.6 is 11.6 Å². The molecule has 0 spiro atoms. The highest BCUT2D eigenvalue weighted by Crippen LogP contribution is 2.41. The van der Waals surface area contributed by atoms with Crippen molar-refractivity contribution >= 4 is 29.1 Å². The number of amides is 1. The number of hydrogen-bond donors (Lipinski definition) is 1. The molecular weight excluding hydrogens is 384 g/mol. The maximum Gasteiger partial charge on any atom is 0.295 e. The van der Waals surface area contributed by atoms with Gasteiger partial charge in [-0.15, -0.1) is 0 Å². The van der Waals surface area contributed by atoms with E-state index in [1.807, 2.05) is 19.0 Å². The standard InChI is InChI=1S/C20H21ClN2O5/c1-22(2)8-9-23-17(15-5-4-10-28-15)16(19(25)20(23)26)18(24)13-11-12(21)6-7-14(13)27-3/h4-7,10-11,17,24H,8-9H2,1-3H3/b18-16+/t17-/m0/s1. The zero-order valence-corrected chi connectivity index (χ0v) is 16.6. The van der Waals surface area contributed by atoms with E-state index in [1.165, 1.54) is 24.3 Å². The van der Waals surface area contributed by atoms with Gasteiger partial charge >= 0.3 is 0 Å². The summed E-state index contributed by atoms with van der Waals surface area (Å²) in [6.07, 6.45) is 1.46. The molecule has 0 saturated carbocycles. The number of carbonyl (C=O) groups is 2. The number of rotatable bonds is 6. The van der Waals surface area contributed by atoms with Crippen molar-refractivity contribution in [1.29, 1.82) is 0 Å². The van der Waals surface area contributed by atoms with E-state index in [1.54, 1.807) is 24.3 Å². The van der Waals surface area contributed by atoms with Gasteiger partial charge in [0.25, 0.3) is 11.7 Å². The van der Waals surface area contributed by atoms with Crippen molar-refractivity contribution in [1.82, 2.24) is 9.80 Å². The third kappa shape index (κ3) is 3.63. The highest BCUT2D eigenvalue weighted by Gasteiger charge is 2.47. The summed E-state index contributed by atoms with van der Waals surface area (Å²) in [4.78, 5) is 28.8. The number of likely N-dealkylation sites (tertiary alicyclic amines) is 1.